The van der Waals surface area contributed by atoms with Gasteiger partial charge in [0.1, 0.15) is 24.0 Å². The molecular formula is C33H32FN5O3S. The number of aryl methyl sites for hydroxylation is 1. The summed E-state index contributed by atoms with van der Waals surface area (Å²) in [6, 6.07) is 13.1. The zero-order valence-corrected chi connectivity index (χ0v) is 24.9. The average molecular weight is 598 g/mol. The lowest BCUT2D eigenvalue weighted by Gasteiger charge is -2.26. The van der Waals surface area contributed by atoms with Crippen molar-refractivity contribution in [3.05, 3.63) is 72.5 Å². The second-order valence-electron chi connectivity index (χ2n) is 11.2. The van der Waals surface area contributed by atoms with Crippen LogP contribution in [0.1, 0.15) is 0 Å². The molecule has 43 heavy (non-hydrogen) atoms. The van der Waals surface area contributed by atoms with Crippen LogP contribution in [0.3, 0.4) is 0 Å². The summed E-state index contributed by atoms with van der Waals surface area (Å²) in [5.41, 5.74) is 4.68. The fourth-order valence-corrected chi connectivity index (χ4v) is 7.50. The van der Waals surface area contributed by atoms with Crippen LogP contribution < -0.4 is 9.64 Å². The topological polar surface area (TPSA) is 72.7 Å². The SMILES string of the molecule is C=CC(=O)N1CC2CN(c3nc(-c4ccc5c(cnn5C)c4)c4ccsc4c3-c3ccc(F)cc3OCCOC)CC2C1. The summed E-state index contributed by atoms with van der Waals surface area (Å²) in [5.74, 6) is 1.59. The molecule has 2 unspecified atom stereocenters. The van der Waals surface area contributed by atoms with E-state index in [9.17, 15) is 9.18 Å². The summed E-state index contributed by atoms with van der Waals surface area (Å²) < 4.78 is 28.8. The molecule has 2 aromatic carbocycles. The lowest BCUT2D eigenvalue weighted by Crippen LogP contribution is -2.32. The van der Waals surface area contributed by atoms with Crippen molar-refractivity contribution in [2.24, 2.45) is 18.9 Å². The molecule has 2 aliphatic rings. The Bertz CT molecular complexity index is 1850. The molecule has 2 atom stereocenters. The minimum absolute atomic E-state index is 0.0167. The first-order chi connectivity index (χ1) is 20.9. The molecule has 2 saturated heterocycles. The van der Waals surface area contributed by atoms with Crippen LogP contribution in [0, 0.1) is 17.7 Å². The largest absolute Gasteiger partial charge is 0.490 e. The van der Waals surface area contributed by atoms with Crippen LogP contribution in [0.15, 0.2) is 66.7 Å². The van der Waals surface area contributed by atoms with Gasteiger partial charge in [-0.3, -0.25) is 9.48 Å². The monoisotopic (exact) mass is 597 g/mol. The van der Waals surface area contributed by atoms with Gasteiger partial charge >= 0.3 is 0 Å². The van der Waals surface area contributed by atoms with E-state index in [1.54, 1.807) is 24.5 Å². The molecule has 10 heteroatoms. The summed E-state index contributed by atoms with van der Waals surface area (Å²) >= 11 is 1.65. The molecule has 0 N–H and O–H groups in total. The number of halogens is 1. The Morgan fingerprint density at radius 1 is 1.12 bits per heavy atom. The number of ether oxygens (including phenoxy) is 2. The number of benzene rings is 2. The Morgan fingerprint density at radius 3 is 2.70 bits per heavy atom. The van der Waals surface area contributed by atoms with E-state index in [-0.39, 0.29) is 11.7 Å². The molecule has 5 heterocycles. The van der Waals surface area contributed by atoms with Crippen molar-refractivity contribution >= 4 is 44.1 Å². The number of rotatable bonds is 8. The fraction of sp³-hybridized carbons (Fsp3) is 0.303. The number of fused-ring (bicyclic) bond motifs is 3. The summed E-state index contributed by atoms with van der Waals surface area (Å²) in [7, 11) is 3.55. The van der Waals surface area contributed by atoms with Gasteiger partial charge in [0.2, 0.25) is 5.91 Å². The maximum absolute atomic E-state index is 14.5. The van der Waals surface area contributed by atoms with E-state index in [1.807, 2.05) is 22.8 Å². The maximum atomic E-state index is 14.5. The summed E-state index contributed by atoms with van der Waals surface area (Å²) in [5, 5.41) is 8.58. The van der Waals surface area contributed by atoms with Crippen molar-refractivity contribution < 1.29 is 18.7 Å². The first kappa shape index (κ1) is 27.5. The van der Waals surface area contributed by atoms with E-state index < -0.39 is 0 Å². The highest BCUT2D eigenvalue weighted by Gasteiger charge is 2.42. The van der Waals surface area contributed by atoms with Crippen LogP contribution >= 0.6 is 11.3 Å². The fourth-order valence-electron chi connectivity index (χ4n) is 6.55. The van der Waals surface area contributed by atoms with E-state index in [4.69, 9.17) is 14.5 Å². The van der Waals surface area contributed by atoms with Gasteiger partial charge in [-0.1, -0.05) is 12.6 Å². The lowest BCUT2D eigenvalue weighted by molar-refractivity contribution is -0.125. The number of thiophene rings is 1. The zero-order valence-electron chi connectivity index (χ0n) is 24.1. The highest BCUT2D eigenvalue weighted by atomic mass is 32.1. The van der Waals surface area contributed by atoms with E-state index in [1.165, 1.54) is 18.2 Å². The highest BCUT2D eigenvalue weighted by molar-refractivity contribution is 7.18. The molecule has 1 amide bonds. The summed E-state index contributed by atoms with van der Waals surface area (Å²) in [6.45, 7) is 7.30. The number of methoxy groups -OCH3 is 1. The highest BCUT2D eigenvalue weighted by Crippen LogP contribution is 2.48. The standard InChI is InChI=1S/C33H32FN5O3S/c1-4-29(40)38-16-22-18-39(19-23(22)17-38)33-30(25-7-6-24(34)14-28(25)42-11-10-41-3)32-26(9-12-43-32)31(36-33)20-5-8-27-21(13-20)15-35-37(27)2/h4-9,12-15,22-23H,1,10-11,16-19H2,2-3H3. The van der Waals surface area contributed by atoms with Gasteiger partial charge in [0.05, 0.1) is 24.0 Å². The van der Waals surface area contributed by atoms with E-state index in [2.05, 4.69) is 46.2 Å². The molecule has 8 nitrogen and oxygen atoms in total. The Kier molecular flexibility index (Phi) is 7.10. The summed E-state index contributed by atoms with van der Waals surface area (Å²) in [4.78, 5) is 22.0. The average Bonchev–Trinajstić information content (AvgIpc) is 3.80. The molecule has 0 spiro atoms. The van der Waals surface area contributed by atoms with Gasteiger partial charge < -0.3 is 19.3 Å². The molecule has 0 bridgehead atoms. The van der Waals surface area contributed by atoms with Crippen LogP contribution in [0.2, 0.25) is 0 Å². The van der Waals surface area contributed by atoms with E-state index >= 15 is 0 Å². The number of nitrogens with zero attached hydrogens (tertiary/aromatic N) is 5. The van der Waals surface area contributed by atoms with Gasteiger partial charge in [-0.25, -0.2) is 9.37 Å². The lowest BCUT2D eigenvalue weighted by atomic mass is 9.99. The predicted octanol–water partition coefficient (Wildman–Crippen LogP) is 5.76. The molecule has 220 valence electrons. The number of hydrogen-bond acceptors (Lipinski definition) is 7. The molecule has 7 rings (SSSR count). The molecule has 0 saturated carbocycles. The first-order valence-corrected chi connectivity index (χ1v) is 15.2. The van der Waals surface area contributed by atoms with Crippen LogP contribution in [0.5, 0.6) is 5.75 Å². The number of hydrogen-bond donors (Lipinski definition) is 0. The Labute approximate surface area is 252 Å². The van der Waals surface area contributed by atoms with Crippen LogP contribution in [-0.4, -0.2) is 72.1 Å². The quantitative estimate of drug-likeness (QED) is 0.167. The number of aromatic nitrogens is 3. The molecule has 0 radical (unpaired) electrons. The Morgan fingerprint density at radius 2 is 1.93 bits per heavy atom. The molecule has 2 fully saturated rings. The van der Waals surface area contributed by atoms with Gasteiger partial charge in [-0.15, -0.1) is 11.3 Å². The minimum atomic E-state index is -0.364. The number of pyridine rings is 1. The van der Waals surface area contributed by atoms with Crippen LogP contribution in [-0.2, 0) is 16.6 Å². The van der Waals surface area contributed by atoms with Crippen molar-refractivity contribution in [2.75, 3.05) is 51.4 Å². The van der Waals surface area contributed by atoms with Gasteiger partial charge in [-0.05, 0) is 41.8 Å². The normalized spacial score (nSPS) is 18.1. The third kappa shape index (κ3) is 4.84. The Balaban J connectivity index is 1.39. The van der Waals surface area contributed by atoms with Gasteiger partial charge in [0, 0.05) is 90.4 Å². The number of likely N-dealkylation sites (tertiary alicyclic amines) is 1. The second-order valence-corrected chi connectivity index (χ2v) is 12.1. The van der Waals surface area contributed by atoms with Gasteiger partial charge in [0.25, 0.3) is 0 Å². The van der Waals surface area contributed by atoms with Crippen LogP contribution in [0.4, 0.5) is 10.2 Å². The van der Waals surface area contributed by atoms with Crippen molar-refractivity contribution in [3.8, 4) is 28.1 Å². The van der Waals surface area contributed by atoms with Crippen molar-refractivity contribution in [2.45, 2.75) is 0 Å². The van der Waals surface area contributed by atoms with Crippen LogP contribution in [0.25, 0.3) is 43.4 Å². The maximum Gasteiger partial charge on any atom is 0.245 e. The van der Waals surface area contributed by atoms with Gasteiger partial charge in [-0.2, -0.15) is 5.10 Å². The molecule has 3 aromatic heterocycles. The smallest absolute Gasteiger partial charge is 0.245 e. The molecular weight excluding hydrogens is 565 g/mol. The predicted molar refractivity (Wildman–Crippen MR) is 168 cm³/mol. The summed E-state index contributed by atoms with van der Waals surface area (Å²) in [6.07, 6.45) is 3.27. The number of amides is 1. The molecule has 5 aromatic rings. The van der Waals surface area contributed by atoms with Gasteiger partial charge in [0.15, 0.2) is 0 Å². The van der Waals surface area contributed by atoms with Crippen molar-refractivity contribution in [1.82, 2.24) is 19.7 Å². The van der Waals surface area contributed by atoms with Crippen molar-refractivity contribution in [3.63, 3.8) is 0 Å². The molecule has 0 aliphatic carbocycles. The number of carbonyl (C=O) groups excluding carboxylic acids is 1. The zero-order chi connectivity index (χ0) is 29.7. The minimum Gasteiger partial charge on any atom is -0.490 e. The second kappa shape index (κ2) is 11.1. The third-order valence-corrected chi connectivity index (χ3v) is 9.57. The van der Waals surface area contributed by atoms with Crippen molar-refractivity contribution in [1.29, 1.82) is 0 Å². The Hall–Kier alpha value is -4.28. The van der Waals surface area contributed by atoms with E-state index in [0.29, 0.717) is 43.9 Å². The van der Waals surface area contributed by atoms with E-state index in [0.717, 1.165) is 62.3 Å². The number of anilines is 1. The third-order valence-electron chi connectivity index (χ3n) is 8.64. The first-order valence-electron chi connectivity index (χ1n) is 14.4. The number of carbonyl (C=O) groups is 1. The molecule has 2 aliphatic heterocycles.